The van der Waals surface area contributed by atoms with E-state index in [2.05, 4.69) is 10.3 Å². The largest absolute Gasteiger partial charge is 0.305 e. The normalized spacial score (nSPS) is 9.50. The summed E-state index contributed by atoms with van der Waals surface area (Å²) in [6, 6.07) is 1.26. The van der Waals surface area contributed by atoms with Crippen LogP contribution in [0.15, 0.2) is 0 Å². The van der Waals surface area contributed by atoms with Crippen LogP contribution < -0.4 is 5.48 Å². The van der Waals surface area contributed by atoms with Gasteiger partial charge in [0.05, 0.1) is 7.11 Å². The van der Waals surface area contributed by atoms with Crippen LogP contribution in [0.2, 0.25) is 6.04 Å². The van der Waals surface area contributed by atoms with Gasteiger partial charge in [0, 0.05) is 16.8 Å². The molecule has 2 nitrogen and oxygen atoms in total. The molecule has 0 aromatic heterocycles. The highest BCUT2D eigenvalue weighted by molar-refractivity contribution is 6.08. The summed E-state index contributed by atoms with van der Waals surface area (Å²) in [6.45, 7) is 1.00. The van der Waals surface area contributed by atoms with Gasteiger partial charge in [0.25, 0.3) is 0 Å². The Balaban J connectivity index is 2.34. The van der Waals surface area contributed by atoms with Gasteiger partial charge in [0.15, 0.2) is 0 Å². The summed E-state index contributed by atoms with van der Waals surface area (Å²) in [5.41, 5.74) is 2.73. The average Bonchev–Trinajstić information content (AvgIpc) is 1.61. The van der Waals surface area contributed by atoms with E-state index in [9.17, 15) is 0 Å². The van der Waals surface area contributed by atoms with Gasteiger partial charge in [-0.1, -0.05) is 6.04 Å². The lowest BCUT2D eigenvalue weighted by Gasteiger charge is -1.93. The zero-order valence-corrected chi connectivity index (χ0v) is 6.32. The minimum Gasteiger partial charge on any atom is -0.305 e. The average molecular weight is 105 g/mol. The van der Waals surface area contributed by atoms with E-state index < -0.39 is 0 Å². The molecule has 0 unspecified atom stereocenters. The van der Waals surface area contributed by atoms with Gasteiger partial charge >= 0.3 is 0 Å². The standard InChI is InChI=1S/C3H11NOSi/c1-5-4-2-3-6/h4H,2-3H2,1,6H3. The van der Waals surface area contributed by atoms with Gasteiger partial charge in [-0.3, -0.25) is 0 Å². The molecule has 0 aliphatic rings. The molecule has 0 fully saturated rings. The highest BCUT2D eigenvalue weighted by atomic mass is 28.1. The molecule has 0 atom stereocenters. The minimum atomic E-state index is 1.00. The van der Waals surface area contributed by atoms with Crippen molar-refractivity contribution in [2.24, 2.45) is 0 Å². The molecule has 0 heterocycles. The summed E-state index contributed by atoms with van der Waals surface area (Å²) in [5, 5.41) is 0. The van der Waals surface area contributed by atoms with Crippen LogP contribution in [-0.4, -0.2) is 23.9 Å². The molecule has 0 spiro atoms. The Bertz CT molecular complexity index is 22.8. The summed E-state index contributed by atoms with van der Waals surface area (Å²) in [7, 11) is 2.90. The lowest BCUT2D eigenvalue weighted by atomic mass is 10.8. The SMILES string of the molecule is CONCC[SiH3]. The maximum atomic E-state index is 4.55. The molecule has 0 saturated heterocycles. The molecule has 38 valence electrons. The van der Waals surface area contributed by atoms with Crippen molar-refractivity contribution in [2.45, 2.75) is 6.04 Å². The topological polar surface area (TPSA) is 21.3 Å². The fraction of sp³-hybridized carbons (Fsp3) is 1.00. The molecule has 0 aromatic carbocycles. The molecule has 3 heteroatoms. The van der Waals surface area contributed by atoms with Crippen molar-refractivity contribution in [3.63, 3.8) is 0 Å². The first-order chi connectivity index (χ1) is 2.91. The summed E-state index contributed by atoms with van der Waals surface area (Å²) in [6.07, 6.45) is 0. The minimum absolute atomic E-state index is 1.00. The van der Waals surface area contributed by atoms with Crippen LogP contribution >= 0.6 is 0 Å². The summed E-state index contributed by atoms with van der Waals surface area (Å²) >= 11 is 0. The van der Waals surface area contributed by atoms with Gasteiger partial charge in [-0.2, -0.15) is 0 Å². The van der Waals surface area contributed by atoms with Crippen molar-refractivity contribution >= 4 is 10.2 Å². The first kappa shape index (κ1) is 6.14. The predicted molar refractivity (Wildman–Crippen MR) is 29.8 cm³/mol. The summed E-state index contributed by atoms with van der Waals surface area (Å²) < 4.78 is 0. The van der Waals surface area contributed by atoms with Gasteiger partial charge in [-0.25, -0.2) is 5.48 Å². The third-order valence-corrected chi connectivity index (χ3v) is 0.996. The zero-order valence-electron chi connectivity index (χ0n) is 4.32. The van der Waals surface area contributed by atoms with E-state index in [0.717, 1.165) is 6.54 Å². The van der Waals surface area contributed by atoms with Gasteiger partial charge in [-0.15, -0.1) is 0 Å². The monoisotopic (exact) mass is 105 g/mol. The van der Waals surface area contributed by atoms with Crippen molar-refractivity contribution in [1.29, 1.82) is 0 Å². The molecule has 0 rings (SSSR count). The van der Waals surface area contributed by atoms with E-state index in [0.29, 0.717) is 0 Å². The van der Waals surface area contributed by atoms with Crippen LogP contribution in [0.5, 0.6) is 0 Å². The van der Waals surface area contributed by atoms with E-state index >= 15 is 0 Å². The molecule has 0 saturated carbocycles. The molecule has 0 amide bonds. The number of hydrogen-bond acceptors (Lipinski definition) is 2. The van der Waals surface area contributed by atoms with Crippen molar-refractivity contribution in [3.05, 3.63) is 0 Å². The first-order valence-corrected chi connectivity index (χ1v) is 3.59. The third-order valence-electron chi connectivity index (χ3n) is 0.496. The predicted octanol–water partition coefficient (Wildman–Crippen LogP) is -1.08. The Hall–Kier alpha value is 0.137. The Kier molecular flexibility index (Phi) is 5.25. The molecule has 0 bridgehead atoms. The fourth-order valence-electron chi connectivity index (χ4n) is 0.204. The summed E-state index contributed by atoms with van der Waals surface area (Å²) in [4.78, 5) is 4.55. The van der Waals surface area contributed by atoms with Crippen LogP contribution in [0.4, 0.5) is 0 Å². The Morgan fingerprint density at radius 2 is 2.50 bits per heavy atom. The van der Waals surface area contributed by atoms with Crippen LogP contribution in [0, 0.1) is 0 Å². The molecule has 0 aliphatic heterocycles. The smallest absolute Gasteiger partial charge is 0.0572 e. The van der Waals surface area contributed by atoms with Crippen molar-refractivity contribution in [1.82, 2.24) is 5.48 Å². The molecule has 0 radical (unpaired) electrons. The van der Waals surface area contributed by atoms with Crippen LogP contribution in [0.3, 0.4) is 0 Å². The number of rotatable bonds is 3. The van der Waals surface area contributed by atoms with E-state index in [1.807, 2.05) is 0 Å². The summed E-state index contributed by atoms with van der Waals surface area (Å²) in [5.74, 6) is 0. The quantitative estimate of drug-likeness (QED) is 0.280. The van der Waals surface area contributed by atoms with Crippen LogP contribution in [0.1, 0.15) is 0 Å². The van der Waals surface area contributed by atoms with E-state index in [-0.39, 0.29) is 0 Å². The van der Waals surface area contributed by atoms with Crippen molar-refractivity contribution < 1.29 is 4.84 Å². The van der Waals surface area contributed by atoms with Crippen molar-refractivity contribution in [3.8, 4) is 0 Å². The Morgan fingerprint density at radius 1 is 1.83 bits per heavy atom. The van der Waals surface area contributed by atoms with Gasteiger partial charge < -0.3 is 4.84 Å². The number of hydrogen-bond donors (Lipinski definition) is 1. The zero-order chi connectivity index (χ0) is 4.83. The van der Waals surface area contributed by atoms with Crippen LogP contribution in [0.25, 0.3) is 0 Å². The molecular formula is C3H11NOSi. The maximum Gasteiger partial charge on any atom is 0.0572 e. The maximum absolute atomic E-state index is 4.55. The van der Waals surface area contributed by atoms with Gasteiger partial charge in [-0.05, 0) is 0 Å². The van der Waals surface area contributed by atoms with Gasteiger partial charge in [0.1, 0.15) is 0 Å². The van der Waals surface area contributed by atoms with Gasteiger partial charge in [0.2, 0.25) is 0 Å². The molecule has 0 aromatic rings. The van der Waals surface area contributed by atoms with E-state index in [4.69, 9.17) is 0 Å². The van der Waals surface area contributed by atoms with E-state index in [1.54, 1.807) is 7.11 Å². The fourth-order valence-corrected chi connectivity index (χ4v) is 0.408. The second kappa shape index (κ2) is 5.14. The number of nitrogens with one attached hydrogen (secondary N) is 1. The van der Waals surface area contributed by atoms with Crippen molar-refractivity contribution in [2.75, 3.05) is 13.7 Å². The highest BCUT2D eigenvalue weighted by Gasteiger charge is 1.71. The molecule has 6 heavy (non-hydrogen) atoms. The molecular weight excluding hydrogens is 94.1 g/mol. The molecule has 0 aliphatic carbocycles. The second-order valence-electron chi connectivity index (χ2n) is 1.10. The Morgan fingerprint density at radius 3 is 2.67 bits per heavy atom. The van der Waals surface area contributed by atoms with Crippen LogP contribution in [-0.2, 0) is 4.84 Å². The lowest BCUT2D eigenvalue weighted by Crippen LogP contribution is -2.11. The third kappa shape index (κ3) is 4.14. The molecule has 1 N–H and O–H groups in total. The highest BCUT2D eigenvalue weighted by Crippen LogP contribution is 1.61. The Labute approximate surface area is 41.3 Å². The first-order valence-electron chi connectivity index (χ1n) is 2.17. The van der Waals surface area contributed by atoms with E-state index in [1.165, 1.54) is 16.3 Å². The second-order valence-corrected chi connectivity index (χ2v) is 2.10. The lowest BCUT2D eigenvalue weighted by molar-refractivity contribution is 0.0963. The number of hydroxylamine groups is 1.